The van der Waals surface area contributed by atoms with E-state index in [0.717, 1.165) is 62.5 Å². The third kappa shape index (κ3) is 9.97. The van der Waals surface area contributed by atoms with Crippen LogP contribution in [0, 0.1) is 29.6 Å². The Morgan fingerprint density at radius 2 is 1.59 bits per heavy atom. The summed E-state index contributed by atoms with van der Waals surface area (Å²) in [5.74, 6) is -0.890. The quantitative estimate of drug-likeness (QED) is 0.0442. The molecule has 15 rings (SSSR count). The number of carbonyl (C=O) groups excluding carboxylic acids is 2. The first-order valence-electron chi connectivity index (χ1n) is 32.2. The van der Waals surface area contributed by atoms with E-state index in [1.54, 1.807) is 19.1 Å². The van der Waals surface area contributed by atoms with Gasteiger partial charge in [0.1, 0.15) is 18.1 Å². The molecule has 3 aliphatic heterocycles. The number of carbonyl (C=O) groups is 2. The van der Waals surface area contributed by atoms with Crippen molar-refractivity contribution >= 4 is 35.1 Å². The van der Waals surface area contributed by atoms with Crippen molar-refractivity contribution in [2.75, 3.05) is 26.6 Å². The Hall–Kier alpha value is -6.93. The van der Waals surface area contributed by atoms with Gasteiger partial charge in [-0.15, -0.1) is 0 Å². The second kappa shape index (κ2) is 23.9. The van der Waals surface area contributed by atoms with Crippen LogP contribution < -0.4 is 10.4 Å². The summed E-state index contributed by atoms with van der Waals surface area (Å²) >= 11 is 0. The van der Waals surface area contributed by atoms with Crippen LogP contribution in [0.3, 0.4) is 0 Å². The average Bonchev–Trinajstić information content (AvgIpc) is 1.75. The standard InChI is InChI=1S/C75H80O12/c1-44(40-77)55-27-20-45-18-21-47(22-19-45)56-28-25-50(49-12-8-14-54(37-49)74-33-7-6-13-53(74)26-23-48-11-3-5-17-63(48)74)36-52(56)38-66(80)84-70-68-65(31-30-60-62(41-78)67(73(82)85-69(60)68)51(32-35-76)42-83-43-79)87-75(71(70)86-72(55)81)34-9-16-59-58-29-24-46-10-2-4-15-57(46)61(58)39-64(59)75/h2-5,8,10-12,14-15,17-19,21-24,26,29-31,37,50-53,56,58-59,61,64,70-71,76-79H,6-7,9,13,16,20,25,27-28,32-36,38-43H2,1H3/b55-44-/t50-,51-,52-,53-,56+,58-,59-,61-,64+,70-,71+,74+,75+/m1/s1. The van der Waals surface area contributed by atoms with Gasteiger partial charge in [-0.1, -0.05) is 134 Å². The second-order valence-corrected chi connectivity index (χ2v) is 26.5. The number of aliphatic hydroxyl groups is 4. The van der Waals surface area contributed by atoms with Crippen LogP contribution in [0.15, 0.2) is 142 Å². The zero-order chi connectivity index (χ0) is 59.6. The van der Waals surface area contributed by atoms with Crippen LogP contribution in [0.1, 0.15) is 188 Å². The van der Waals surface area contributed by atoms with Gasteiger partial charge in [-0.2, -0.15) is 0 Å². The molecule has 6 aromatic rings. The average molecular weight is 1170 g/mol. The van der Waals surface area contributed by atoms with E-state index in [1.165, 1.54) is 46.2 Å². The van der Waals surface area contributed by atoms with Gasteiger partial charge in [0.25, 0.3) is 0 Å². The van der Waals surface area contributed by atoms with E-state index in [0.29, 0.717) is 41.0 Å². The van der Waals surface area contributed by atoms with E-state index < -0.39 is 54.7 Å². The number of aliphatic hydroxyl groups excluding tert-OH is 4. The van der Waals surface area contributed by atoms with Gasteiger partial charge in [-0.05, 0) is 193 Å². The third-order valence-electron chi connectivity index (χ3n) is 22.4. The summed E-state index contributed by atoms with van der Waals surface area (Å²) < 4.78 is 33.9. The van der Waals surface area contributed by atoms with Crippen molar-refractivity contribution in [3.63, 3.8) is 0 Å². The zero-order valence-electron chi connectivity index (χ0n) is 49.7. The Kier molecular flexibility index (Phi) is 15.9. The van der Waals surface area contributed by atoms with E-state index >= 15 is 9.59 Å². The highest BCUT2D eigenvalue weighted by Gasteiger charge is 2.65. The first-order valence-corrected chi connectivity index (χ1v) is 32.2. The van der Waals surface area contributed by atoms with Gasteiger partial charge in [0, 0.05) is 46.8 Å². The molecule has 5 aromatic carbocycles. The predicted octanol–water partition coefficient (Wildman–Crippen LogP) is 13.1. The van der Waals surface area contributed by atoms with Crippen molar-refractivity contribution in [1.29, 1.82) is 0 Å². The molecule has 4 heterocycles. The Balaban J connectivity index is 0.910. The van der Waals surface area contributed by atoms with Crippen molar-refractivity contribution < 1.29 is 53.4 Å². The molecule has 6 aliphatic carbocycles. The highest BCUT2D eigenvalue weighted by atomic mass is 16.6. The first kappa shape index (κ1) is 57.8. The Labute approximate surface area is 508 Å². The molecule has 1 aromatic heterocycles. The molecule has 4 saturated carbocycles. The number of esters is 2. The Morgan fingerprint density at radius 3 is 2.41 bits per heavy atom. The van der Waals surface area contributed by atoms with Crippen LogP contribution in [-0.2, 0) is 42.2 Å². The molecule has 4 N–H and O–H groups in total. The molecule has 12 nitrogen and oxygen atoms in total. The molecular weight excluding hydrogens is 1090 g/mol. The monoisotopic (exact) mass is 1170 g/mol. The fourth-order valence-electron chi connectivity index (χ4n) is 18.4. The van der Waals surface area contributed by atoms with Gasteiger partial charge < -0.3 is 43.8 Å². The molecule has 0 unspecified atom stereocenters. The molecule has 12 heteroatoms. The lowest BCUT2D eigenvalue weighted by Gasteiger charge is -2.53. The smallest absolute Gasteiger partial charge is 0.340 e. The van der Waals surface area contributed by atoms with Gasteiger partial charge >= 0.3 is 17.6 Å². The predicted molar refractivity (Wildman–Crippen MR) is 332 cm³/mol. The summed E-state index contributed by atoms with van der Waals surface area (Å²) in [6.45, 7) is -0.280. The van der Waals surface area contributed by atoms with Crippen molar-refractivity contribution in [2.45, 2.75) is 157 Å². The van der Waals surface area contributed by atoms with Gasteiger partial charge in [-0.25, -0.2) is 9.59 Å². The lowest BCUT2D eigenvalue weighted by molar-refractivity contribution is -0.212. The zero-order valence-corrected chi connectivity index (χ0v) is 49.7. The molecule has 4 fully saturated rings. The molecule has 9 aliphatic rings. The molecule has 13 atom stereocenters. The van der Waals surface area contributed by atoms with E-state index in [4.69, 9.17) is 23.4 Å². The molecule has 87 heavy (non-hydrogen) atoms. The largest absolute Gasteiger partial charge is 0.482 e. The van der Waals surface area contributed by atoms with E-state index in [-0.39, 0.29) is 108 Å². The van der Waals surface area contributed by atoms with Gasteiger partial charge in [-0.3, -0.25) is 4.79 Å². The Morgan fingerprint density at radius 1 is 0.759 bits per heavy atom. The second-order valence-electron chi connectivity index (χ2n) is 26.5. The molecule has 2 bridgehead atoms. The molecule has 0 amide bonds. The number of hydrogen-bond donors (Lipinski definition) is 4. The third-order valence-corrected chi connectivity index (χ3v) is 22.4. The number of ether oxygens (including phenoxy) is 4. The summed E-state index contributed by atoms with van der Waals surface area (Å²) in [6.07, 6.45) is 17.6. The maximum Gasteiger partial charge on any atom is 0.340 e. The fraction of sp³-hybridized carbons (Fsp3) is 0.453. The van der Waals surface area contributed by atoms with Crippen molar-refractivity contribution in [2.24, 2.45) is 29.6 Å². The van der Waals surface area contributed by atoms with Crippen LogP contribution in [0.25, 0.3) is 23.1 Å². The van der Waals surface area contributed by atoms with Crippen molar-refractivity contribution in [3.05, 3.63) is 204 Å². The van der Waals surface area contributed by atoms with Gasteiger partial charge in [0.05, 0.1) is 25.4 Å². The summed E-state index contributed by atoms with van der Waals surface area (Å²) in [6, 6.07) is 39.0. The molecule has 1 spiro atoms. The normalized spacial score (nSPS) is 30.7. The molecule has 0 radical (unpaired) electrons. The summed E-state index contributed by atoms with van der Waals surface area (Å²) in [4.78, 5) is 46.3. The Bertz CT molecular complexity index is 3760. The number of fused-ring (bicyclic) bond motifs is 20. The lowest BCUT2D eigenvalue weighted by Crippen LogP contribution is -2.62. The maximum absolute atomic E-state index is 16.0. The number of rotatable bonds is 10. The SMILES string of the molecule is C/C(CO)=C1\CCc2ccc(cc2)[C@@H]2CC[C@@H](c3cccc([C@]45CCCC[C@@H]4C=Cc4ccccc45)c3)C[C@@H]2CC(=O)O[C@@H]2c3c(ccc4c(CO)c([C@H](CCO)COCO)c(=O)oc34)O[C@]3(CCC[C@@H]4[C@H]5C=Cc6ccccc6[C@H]5C[C@@H]43)[C@H]2OC1=O. The van der Waals surface area contributed by atoms with Crippen molar-refractivity contribution in [1.82, 2.24) is 0 Å². The van der Waals surface area contributed by atoms with Crippen molar-refractivity contribution in [3.8, 4) is 5.75 Å². The number of hydrogen-bond acceptors (Lipinski definition) is 12. The molecule has 452 valence electrons. The molecule has 0 saturated heterocycles. The number of aryl methyl sites for hydroxylation is 1. The molecular formula is C75H80O12. The van der Waals surface area contributed by atoms with Crippen LogP contribution in [0.5, 0.6) is 5.75 Å². The first-order chi connectivity index (χ1) is 42.5. The topological polar surface area (TPSA) is 182 Å². The summed E-state index contributed by atoms with van der Waals surface area (Å²) in [5, 5.41) is 42.4. The van der Waals surface area contributed by atoms with Crippen LogP contribution >= 0.6 is 0 Å². The van der Waals surface area contributed by atoms with Gasteiger partial charge in [0.2, 0.25) is 0 Å². The minimum absolute atomic E-state index is 0.0209. The minimum Gasteiger partial charge on any atom is -0.482 e. The highest BCUT2D eigenvalue weighted by Crippen LogP contribution is 2.64. The van der Waals surface area contributed by atoms with Crippen LogP contribution in [0.4, 0.5) is 0 Å². The summed E-state index contributed by atoms with van der Waals surface area (Å²) in [7, 11) is 0. The van der Waals surface area contributed by atoms with E-state index in [1.807, 2.05) is 0 Å². The minimum atomic E-state index is -1.36. The number of allylic oxidation sites excluding steroid dienone is 2. The van der Waals surface area contributed by atoms with E-state index in [2.05, 4.69) is 121 Å². The lowest BCUT2D eigenvalue weighted by atomic mass is 9.56. The van der Waals surface area contributed by atoms with Gasteiger partial charge in [0.15, 0.2) is 17.8 Å². The van der Waals surface area contributed by atoms with Crippen LogP contribution in [-0.4, -0.2) is 70.7 Å². The van der Waals surface area contributed by atoms with E-state index in [9.17, 15) is 25.2 Å². The maximum atomic E-state index is 16.0. The highest BCUT2D eigenvalue weighted by molar-refractivity contribution is 5.90. The number of benzene rings is 5. The fourth-order valence-corrected chi connectivity index (χ4v) is 18.4. The van der Waals surface area contributed by atoms with Crippen LogP contribution in [0.2, 0.25) is 0 Å². The summed E-state index contributed by atoms with van der Waals surface area (Å²) in [5.41, 5.74) is 9.20.